The summed E-state index contributed by atoms with van der Waals surface area (Å²) in [7, 11) is 0. The molecule has 2 aromatic rings. The number of ketones is 1. The number of hydrogen-bond acceptors (Lipinski definition) is 4. The molecule has 2 aliphatic heterocycles. The number of carbonyl (C=O) groups is 2. The number of anilines is 1. The van der Waals surface area contributed by atoms with E-state index in [2.05, 4.69) is 13.0 Å². The predicted octanol–water partition coefficient (Wildman–Crippen LogP) is 4.51. The number of aryl methyl sites for hydroxylation is 1. The first kappa shape index (κ1) is 18.0. The zero-order valence-corrected chi connectivity index (χ0v) is 16.4. The normalized spacial score (nSPS) is 20.9. The highest BCUT2D eigenvalue weighted by molar-refractivity contribution is 6.07. The van der Waals surface area contributed by atoms with Crippen LogP contribution >= 0.6 is 0 Å². The smallest absolute Gasteiger partial charge is 0.232 e. The molecule has 3 aliphatic rings. The third-order valence-corrected chi connectivity index (χ3v) is 6.09. The molecule has 0 fully saturated rings. The van der Waals surface area contributed by atoms with E-state index in [4.69, 9.17) is 9.47 Å². The van der Waals surface area contributed by atoms with Crippen molar-refractivity contribution in [2.45, 2.75) is 44.9 Å². The second kappa shape index (κ2) is 7.07. The number of amides is 1. The molecule has 29 heavy (non-hydrogen) atoms. The second-order valence-electron chi connectivity index (χ2n) is 7.72. The lowest BCUT2D eigenvalue weighted by molar-refractivity contribution is -0.119. The van der Waals surface area contributed by atoms with Crippen LogP contribution in [-0.4, -0.2) is 18.5 Å². The maximum absolute atomic E-state index is 13.4. The molecule has 5 heteroatoms. The van der Waals surface area contributed by atoms with Gasteiger partial charge in [-0.15, -0.1) is 0 Å². The Labute approximate surface area is 169 Å². The lowest BCUT2D eigenvalue weighted by Gasteiger charge is -2.39. The summed E-state index contributed by atoms with van der Waals surface area (Å²) < 4.78 is 10.9. The van der Waals surface area contributed by atoms with Crippen LogP contribution in [0.5, 0.6) is 11.5 Å². The van der Waals surface area contributed by atoms with Gasteiger partial charge in [0.25, 0.3) is 0 Å². The molecule has 2 aromatic carbocycles. The summed E-state index contributed by atoms with van der Waals surface area (Å²) in [6, 6.07) is 13.7. The molecule has 0 saturated heterocycles. The van der Waals surface area contributed by atoms with Gasteiger partial charge in [0.15, 0.2) is 17.3 Å². The van der Waals surface area contributed by atoms with E-state index >= 15 is 0 Å². The molecule has 148 valence electrons. The first-order valence-corrected chi connectivity index (χ1v) is 10.2. The van der Waals surface area contributed by atoms with Crippen LogP contribution in [0, 0.1) is 0 Å². The number of fused-ring (bicyclic) bond motifs is 1. The fourth-order valence-corrected chi connectivity index (χ4v) is 4.71. The molecule has 0 spiro atoms. The quantitative estimate of drug-likeness (QED) is 0.775. The number of allylic oxidation sites excluding steroid dienone is 2. The predicted molar refractivity (Wildman–Crippen MR) is 109 cm³/mol. The lowest BCUT2D eigenvalue weighted by Crippen LogP contribution is -2.41. The van der Waals surface area contributed by atoms with E-state index in [0.717, 1.165) is 47.3 Å². The van der Waals surface area contributed by atoms with Gasteiger partial charge in [0.1, 0.15) is 0 Å². The highest BCUT2D eigenvalue weighted by Gasteiger charge is 2.40. The molecule has 1 unspecified atom stereocenters. The third kappa shape index (κ3) is 2.92. The molecule has 0 bridgehead atoms. The molecule has 0 saturated carbocycles. The summed E-state index contributed by atoms with van der Waals surface area (Å²) >= 11 is 0. The largest absolute Gasteiger partial charge is 0.454 e. The van der Waals surface area contributed by atoms with Crippen molar-refractivity contribution in [3.63, 3.8) is 0 Å². The summed E-state index contributed by atoms with van der Waals surface area (Å²) in [5.74, 6) is 1.35. The highest BCUT2D eigenvalue weighted by Crippen LogP contribution is 2.45. The van der Waals surface area contributed by atoms with Gasteiger partial charge >= 0.3 is 0 Å². The SMILES string of the molecule is CCc1ccccc1N1C(=O)CC(c2ccc3c(c2)OCO3)C2=C1CCCC2=O. The number of rotatable bonds is 3. The van der Waals surface area contributed by atoms with Gasteiger partial charge in [0, 0.05) is 30.0 Å². The Hall–Kier alpha value is -3.08. The second-order valence-corrected chi connectivity index (χ2v) is 7.72. The van der Waals surface area contributed by atoms with Gasteiger partial charge in [-0.2, -0.15) is 0 Å². The number of benzene rings is 2. The van der Waals surface area contributed by atoms with Gasteiger partial charge in [0.2, 0.25) is 12.7 Å². The minimum absolute atomic E-state index is 0.0435. The first-order valence-electron chi connectivity index (χ1n) is 10.2. The van der Waals surface area contributed by atoms with Crippen LogP contribution < -0.4 is 14.4 Å². The van der Waals surface area contributed by atoms with Crippen LogP contribution in [0.2, 0.25) is 0 Å². The average molecular weight is 389 g/mol. The van der Waals surface area contributed by atoms with Gasteiger partial charge in [0.05, 0.1) is 5.69 Å². The number of hydrogen-bond donors (Lipinski definition) is 0. The van der Waals surface area contributed by atoms with Gasteiger partial charge in [-0.1, -0.05) is 31.2 Å². The lowest BCUT2D eigenvalue weighted by atomic mass is 9.77. The number of Topliss-reactive ketones (excluding diaryl/α,β-unsaturated/α-hetero) is 1. The van der Waals surface area contributed by atoms with E-state index in [9.17, 15) is 9.59 Å². The molecule has 2 heterocycles. The Morgan fingerprint density at radius 1 is 1.03 bits per heavy atom. The molecule has 5 nitrogen and oxygen atoms in total. The van der Waals surface area contributed by atoms with E-state index in [1.807, 2.05) is 41.3 Å². The van der Waals surface area contributed by atoms with E-state index in [1.54, 1.807) is 0 Å². The molecule has 1 amide bonds. The Balaban J connectivity index is 1.64. The van der Waals surface area contributed by atoms with Gasteiger partial charge in [-0.25, -0.2) is 0 Å². The van der Waals surface area contributed by atoms with Crippen LogP contribution in [-0.2, 0) is 16.0 Å². The van der Waals surface area contributed by atoms with Crippen LogP contribution in [0.25, 0.3) is 0 Å². The van der Waals surface area contributed by atoms with Crippen LogP contribution in [0.4, 0.5) is 5.69 Å². The van der Waals surface area contributed by atoms with E-state index in [1.165, 1.54) is 0 Å². The van der Waals surface area contributed by atoms with Crippen LogP contribution in [0.15, 0.2) is 53.7 Å². The van der Waals surface area contributed by atoms with E-state index in [0.29, 0.717) is 17.9 Å². The maximum atomic E-state index is 13.4. The first-order chi connectivity index (χ1) is 14.2. The molecule has 0 N–H and O–H groups in total. The fraction of sp³-hybridized carbons (Fsp3) is 0.333. The summed E-state index contributed by atoms with van der Waals surface area (Å²) in [6.07, 6.45) is 3.18. The standard InChI is InChI=1S/C24H23NO4/c1-2-15-6-3-4-7-18(15)25-19-8-5-9-20(26)24(19)17(13-23(25)27)16-10-11-21-22(12-16)29-14-28-21/h3-4,6-7,10-12,17H,2,5,8-9,13-14H2,1H3. The van der Waals surface area contributed by atoms with Crippen molar-refractivity contribution in [1.29, 1.82) is 0 Å². The number of para-hydroxylation sites is 1. The van der Waals surface area contributed by atoms with Crippen molar-refractivity contribution in [1.82, 2.24) is 0 Å². The monoisotopic (exact) mass is 389 g/mol. The third-order valence-electron chi connectivity index (χ3n) is 6.09. The van der Waals surface area contributed by atoms with Gasteiger partial charge in [-0.05, 0) is 48.6 Å². The molecule has 1 atom stereocenters. The van der Waals surface area contributed by atoms with Crippen molar-refractivity contribution in [2.75, 3.05) is 11.7 Å². The Kier molecular flexibility index (Phi) is 4.38. The zero-order valence-electron chi connectivity index (χ0n) is 16.4. The van der Waals surface area contributed by atoms with Crippen molar-refractivity contribution < 1.29 is 19.1 Å². The van der Waals surface area contributed by atoms with Crippen LogP contribution in [0.1, 0.15) is 49.7 Å². The molecule has 0 radical (unpaired) electrons. The Bertz CT molecular complexity index is 1040. The summed E-state index contributed by atoms with van der Waals surface area (Å²) in [5.41, 5.74) is 4.63. The molecular formula is C24H23NO4. The summed E-state index contributed by atoms with van der Waals surface area (Å²) in [6.45, 7) is 2.29. The minimum Gasteiger partial charge on any atom is -0.454 e. The van der Waals surface area contributed by atoms with Crippen molar-refractivity contribution in [3.8, 4) is 11.5 Å². The molecule has 5 rings (SSSR count). The number of ether oxygens (including phenoxy) is 2. The van der Waals surface area contributed by atoms with Crippen LogP contribution in [0.3, 0.4) is 0 Å². The molecular weight excluding hydrogens is 366 g/mol. The van der Waals surface area contributed by atoms with E-state index in [-0.39, 0.29) is 30.8 Å². The van der Waals surface area contributed by atoms with Gasteiger partial charge in [-0.3, -0.25) is 14.5 Å². The van der Waals surface area contributed by atoms with Crippen molar-refractivity contribution >= 4 is 17.4 Å². The Morgan fingerprint density at radius 3 is 2.72 bits per heavy atom. The topological polar surface area (TPSA) is 55.8 Å². The van der Waals surface area contributed by atoms with Gasteiger partial charge < -0.3 is 9.47 Å². The Morgan fingerprint density at radius 2 is 1.86 bits per heavy atom. The average Bonchev–Trinajstić information content (AvgIpc) is 3.21. The summed E-state index contributed by atoms with van der Waals surface area (Å²) in [4.78, 5) is 28.2. The van der Waals surface area contributed by atoms with Crippen molar-refractivity contribution in [2.24, 2.45) is 0 Å². The van der Waals surface area contributed by atoms with Crippen molar-refractivity contribution in [3.05, 3.63) is 64.9 Å². The molecule has 1 aliphatic carbocycles. The highest BCUT2D eigenvalue weighted by atomic mass is 16.7. The maximum Gasteiger partial charge on any atom is 0.232 e. The van der Waals surface area contributed by atoms with E-state index < -0.39 is 0 Å². The number of carbonyl (C=O) groups excluding carboxylic acids is 2. The fourth-order valence-electron chi connectivity index (χ4n) is 4.71. The zero-order chi connectivity index (χ0) is 20.0. The minimum atomic E-state index is -0.232. The molecule has 0 aromatic heterocycles. The number of nitrogens with zero attached hydrogens (tertiary/aromatic N) is 1. The summed E-state index contributed by atoms with van der Waals surface area (Å²) in [5, 5.41) is 0.